The van der Waals surface area contributed by atoms with Crippen LogP contribution in [0.5, 0.6) is 0 Å². The summed E-state index contributed by atoms with van der Waals surface area (Å²) in [5, 5.41) is 10.1. The van der Waals surface area contributed by atoms with Crippen molar-refractivity contribution in [1.82, 2.24) is 4.90 Å². The van der Waals surface area contributed by atoms with Crippen LogP contribution in [0.2, 0.25) is 0 Å². The van der Waals surface area contributed by atoms with Crippen LogP contribution in [0.15, 0.2) is 0 Å². The molecule has 1 aliphatic heterocycles. The Morgan fingerprint density at radius 3 is 2.82 bits per heavy atom. The molecule has 0 aromatic heterocycles. The van der Waals surface area contributed by atoms with Crippen LogP contribution in [0.4, 0.5) is 0 Å². The molecule has 0 spiro atoms. The Hall–Kier alpha value is -0.610. The minimum atomic E-state index is -0.670. The fourth-order valence-electron chi connectivity index (χ4n) is 2.51. The van der Waals surface area contributed by atoms with Gasteiger partial charge in [-0.15, -0.1) is 0 Å². The van der Waals surface area contributed by atoms with E-state index in [0.29, 0.717) is 6.54 Å². The van der Waals surface area contributed by atoms with Gasteiger partial charge in [0.05, 0.1) is 12.7 Å². The SMILES string of the molecule is CCCCC(C(=O)OC)N1CCCC(C)(O)C1. The molecular weight excluding hydrogens is 218 g/mol. The molecule has 1 saturated heterocycles. The highest BCUT2D eigenvalue weighted by molar-refractivity contribution is 5.75. The standard InChI is InChI=1S/C13H25NO3/c1-4-5-7-11(12(15)17-3)14-9-6-8-13(2,16)10-14/h11,16H,4-10H2,1-3H3. The van der Waals surface area contributed by atoms with E-state index in [1.165, 1.54) is 7.11 Å². The van der Waals surface area contributed by atoms with Gasteiger partial charge in [-0.2, -0.15) is 0 Å². The Morgan fingerprint density at radius 2 is 2.29 bits per heavy atom. The number of carbonyl (C=O) groups excluding carboxylic acids is 1. The summed E-state index contributed by atoms with van der Waals surface area (Å²) in [5.41, 5.74) is -0.670. The third kappa shape index (κ3) is 4.28. The van der Waals surface area contributed by atoms with Gasteiger partial charge in [0, 0.05) is 6.54 Å². The Labute approximate surface area is 104 Å². The summed E-state index contributed by atoms with van der Waals surface area (Å²) in [7, 11) is 1.43. The highest BCUT2D eigenvalue weighted by atomic mass is 16.5. The number of rotatable bonds is 5. The van der Waals surface area contributed by atoms with Crippen LogP contribution >= 0.6 is 0 Å². The van der Waals surface area contributed by atoms with Crippen LogP contribution < -0.4 is 0 Å². The van der Waals surface area contributed by atoms with Crippen LogP contribution in [0.1, 0.15) is 46.0 Å². The first-order valence-corrected chi connectivity index (χ1v) is 6.54. The summed E-state index contributed by atoms with van der Waals surface area (Å²) in [6.07, 6.45) is 4.65. The lowest BCUT2D eigenvalue weighted by molar-refractivity contribution is -0.150. The van der Waals surface area contributed by atoms with Gasteiger partial charge in [-0.3, -0.25) is 9.69 Å². The van der Waals surface area contributed by atoms with Crippen LogP contribution in [-0.2, 0) is 9.53 Å². The molecule has 4 heteroatoms. The lowest BCUT2D eigenvalue weighted by atomic mass is 9.93. The number of esters is 1. The maximum atomic E-state index is 11.8. The Balaban J connectivity index is 2.64. The summed E-state index contributed by atoms with van der Waals surface area (Å²) in [6, 6.07) is -0.188. The number of likely N-dealkylation sites (tertiary alicyclic amines) is 1. The normalized spacial score (nSPS) is 27.8. The van der Waals surface area contributed by atoms with Crippen molar-refractivity contribution in [2.75, 3.05) is 20.2 Å². The van der Waals surface area contributed by atoms with Gasteiger partial charge in [-0.25, -0.2) is 0 Å². The Bertz CT molecular complexity index is 253. The van der Waals surface area contributed by atoms with Crippen molar-refractivity contribution in [3.05, 3.63) is 0 Å². The molecule has 1 rings (SSSR count). The number of β-amino-alcohol motifs (C(OH)–C–C–N with tert-alkyl or cyclic N) is 1. The van der Waals surface area contributed by atoms with Gasteiger partial charge < -0.3 is 9.84 Å². The molecule has 0 radical (unpaired) electrons. The number of piperidine rings is 1. The molecule has 17 heavy (non-hydrogen) atoms. The Morgan fingerprint density at radius 1 is 1.59 bits per heavy atom. The predicted octanol–water partition coefficient (Wildman–Crippen LogP) is 1.56. The fourth-order valence-corrected chi connectivity index (χ4v) is 2.51. The van der Waals surface area contributed by atoms with E-state index in [9.17, 15) is 9.90 Å². The lowest BCUT2D eigenvalue weighted by Crippen LogP contribution is -2.53. The number of hydrogen-bond donors (Lipinski definition) is 1. The van der Waals surface area contributed by atoms with E-state index in [-0.39, 0.29) is 12.0 Å². The number of ether oxygens (including phenoxy) is 1. The first kappa shape index (κ1) is 14.5. The van der Waals surface area contributed by atoms with Gasteiger partial charge in [0.15, 0.2) is 0 Å². The lowest BCUT2D eigenvalue weighted by Gasteiger charge is -2.40. The van der Waals surface area contributed by atoms with Gasteiger partial charge in [-0.1, -0.05) is 19.8 Å². The van der Waals surface area contributed by atoms with Gasteiger partial charge in [0.25, 0.3) is 0 Å². The number of hydrogen-bond acceptors (Lipinski definition) is 4. The van der Waals surface area contributed by atoms with Crippen LogP contribution in [0.25, 0.3) is 0 Å². The number of aliphatic hydroxyl groups is 1. The van der Waals surface area contributed by atoms with Crippen molar-refractivity contribution in [2.24, 2.45) is 0 Å². The van der Waals surface area contributed by atoms with E-state index in [1.54, 1.807) is 0 Å². The third-order valence-electron chi connectivity index (χ3n) is 3.45. The summed E-state index contributed by atoms with van der Waals surface area (Å²) in [4.78, 5) is 13.9. The van der Waals surface area contributed by atoms with Gasteiger partial charge in [-0.05, 0) is 32.7 Å². The first-order chi connectivity index (χ1) is 8.00. The molecule has 1 N–H and O–H groups in total. The molecule has 0 amide bonds. The van der Waals surface area contributed by atoms with E-state index in [0.717, 1.165) is 38.6 Å². The number of carbonyl (C=O) groups is 1. The maximum Gasteiger partial charge on any atom is 0.323 e. The number of unbranched alkanes of at least 4 members (excludes halogenated alkanes) is 1. The largest absolute Gasteiger partial charge is 0.468 e. The molecule has 0 aromatic carbocycles. The zero-order valence-electron chi connectivity index (χ0n) is 11.2. The second kappa shape index (κ2) is 6.36. The monoisotopic (exact) mass is 243 g/mol. The molecule has 0 aromatic rings. The van der Waals surface area contributed by atoms with Crippen molar-refractivity contribution >= 4 is 5.97 Å². The summed E-state index contributed by atoms with van der Waals surface area (Å²) in [5.74, 6) is -0.170. The zero-order chi connectivity index (χ0) is 12.9. The van der Waals surface area contributed by atoms with Crippen molar-refractivity contribution in [1.29, 1.82) is 0 Å². The quantitative estimate of drug-likeness (QED) is 0.745. The summed E-state index contributed by atoms with van der Waals surface area (Å²) < 4.78 is 4.87. The molecule has 1 aliphatic rings. The number of nitrogens with zero attached hydrogens (tertiary/aromatic N) is 1. The summed E-state index contributed by atoms with van der Waals surface area (Å²) >= 11 is 0. The van der Waals surface area contributed by atoms with Crippen LogP contribution in [0, 0.1) is 0 Å². The van der Waals surface area contributed by atoms with Crippen LogP contribution in [-0.4, -0.2) is 47.8 Å². The van der Waals surface area contributed by atoms with E-state index in [4.69, 9.17) is 4.74 Å². The van der Waals surface area contributed by atoms with Gasteiger partial charge in [0.2, 0.25) is 0 Å². The van der Waals surface area contributed by atoms with Gasteiger partial charge in [0.1, 0.15) is 6.04 Å². The minimum absolute atomic E-state index is 0.170. The van der Waals surface area contributed by atoms with Crippen molar-refractivity contribution in [3.8, 4) is 0 Å². The molecule has 1 fully saturated rings. The highest BCUT2D eigenvalue weighted by Gasteiger charge is 2.35. The second-order valence-corrected chi connectivity index (χ2v) is 5.25. The van der Waals surface area contributed by atoms with E-state index in [1.807, 2.05) is 6.92 Å². The molecule has 0 bridgehead atoms. The van der Waals surface area contributed by atoms with E-state index >= 15 is 0 Å². The smallest absolute Gasteiger partial charge is 0.323 e. The van der Waals surface area contributed by atoms with Crippen molar-refractivity contribution < 1.29 is 14.6 Å². The molecule has 0 saturated carbocycles. The van der Waals surface area contributed by atoms with Crippen molar-refractivity contribution in [2.45, 2.75) is 57.6 Å². The predicted molar refractivity (Wildman–Crippen MR) is 66.8 cm³/mol. The maximum absolute atomic E-state index is 11.8. The third-order valence-corrected chi connectivity index (χ3v) is 3.45. The first-order valence-electron chi connectivity index (χ1n) is 6.54. The van der Waals surface area contributed by atoms with E-state index in [2.05, 4.69) is 11.8 Å². The minimum Gasteiger partial charge on any atom is -0.468 e. The second-order valence-electron chi connectivity index (χ2n) is 5.25. The molecule has 0 aliphatic carbocycles. The topological polar surface area (TPSA) is 49.8 Å². The van der Waals surface area contributed by atoms with E-state index < -0.39 is 5.60 Å². The van der Waals surface area contributed by atoms with Crippen LogP contribution in [0.3, 0.4) is 0 Å². The highest BCUT2D eigenvalue weighted by Crippen LogP contribution is 2.24. The summed E-state index contributed by atoms with van der Waals surface area (Å²) in [6.45, 7) is 5.39. The molecule has 2 atom stereocenters. The fraction of sp³-hybridized carbons (Fsp3) is 0.923. The average molecular weight is 243 g/mol. The Kier molecular flexibility index (Phi) is 5.40. The molecule has 100 valence electrons. The average Bonchev–Trinajstić information content (AvgIpc) is 2.28. The van der Waals surface area contributed by atoms with Crippen molar-refractivity contribution in [3.63, 3.8) is 0 Å². The van der Waals surface area contributed by atoms with Gasteiger partial charge >= 0.3 is 5.97 Å². The molecule has 4 nitrogen and oxygen atoms in total. The molecule has 1 heterocycles. The molecular formula is C13H25NO3. The zero-order valence-corrected chi connectivity index (χ0v) is 11.2. The number of methoxy groups -OCH3 is 1. The molecule has 2 unspecified atom stereocenters.